The van der Waals surface area contributed by atoms with Crippen molar-refractivity contribution in [2.75, 3.05) is 19.4 Å². The molecule has 1 aromatic rings. The van der Waals surface area contributed by atoms with Crippen LogP contribution in [0.25, 0.3) is 0 Å². The molecule has 0 bridgehead atoms. The summed E-state index contributed by atoms with van der Waals surface area (Å²) in [6.07, 6.45) is 6.00. The van der Waals surface area contributed by atoms with Crippen LogP contribution in [0.15, 0.2) is 24.3 Å². The maximum atomic E-state index is 12.1. The van der Waals surface area contributed by atoms with E-state index in [2.05, 4.69) is 10.6 Å². The van der Waals surface area contributed by atoms with Gasteiger partial charge >= 0.3 is 6.03 Å². The van der Waals surface area contributed by atoms with Gasteiger partial charge in [0.2, 0.25) is 5.91 Å². The number of nitrogens with one attached hydrogen (secondary N) is 2. The Morgan fingerprint density at radius 1 is 1.14 bits per heavy atom. The molecule has 0 atom stereocenters. The van der Waals surface area contributed by atoms with E-state index in [4.69, 9.17) is 0 Å². The lowest BCUT2D eigenvalue weighted by atomic mass is 9.96. The lowest BCUT2D eigenvalue weighted by Crippen LogP contribution is -2.39. The molecule has 5 heteroatoms. The predicted molar refractivity (Wildman–Crippen MR) is 87.9 cm³/mol. The molecule has 120 valence electrons. The quantitative estimate of drug-likeness (QED) is 0.898. The number of benzene rings is 1. The van der Waals surface area contributed by atoms with E-state index in [1.165, 1.54) is 19.3 Å². The molecule has 1 saturated carbocycles. The molecule has 1 aliphatic carbocycles. The highest BCUT2D eigenvalue weighted by Gasteiger charge is 2.16. The fraction of sp³-hybridized carbons (Fsp3) is 0.529. The fourth-order valence-corrected chi connectivity index (χ4v) is 2.71. The van der Waals surface area contributed by atoms with E-state index in [0.29, 0.717) is 5.69 Å². The number of anilines is 1. The second-order valence-corrected chi connectivity index (χ2v) is 6.06. The van der Waals surface area contributed by atoms with E-state index in [1.807, 2.05) is 24.3 Å². The summed E-state index contributed by atoms with van der Waals surface area (Å²) < 4.78 is 0. The molecule has 0 spiro atoms. The van der Waals surface area contributed by atoms with Crippen LogP contribution in [0, 0.1) is 0 Å². The van der Waals surface area contributed by atoms with Crippen molar-refractivity contribution < 1.29 is 9.59 Å². The lowest BCUT2D eigenvalue weighted by molar-refractivity contribution is -0.127. The third kappa shape index (κ3) is 4.76. The number of para-hydroxylation sites is 1. The highest BCUT2D eigenvalue weighted by Crippen LogP contribution is 2.19. The summed E-state index contributed by atoms with van der Waals surface area (Å²) in [5.74, 6) is 0.0157. The monoisotopic (exact) mass is 303 g/mol. The van der Waals surface area contributed by atoms with Crippen molar-refractivity contribution in [2.24, 2.45) is 0 Å². The fourth-order valence-electron chi connectivity index (χ4n) is 2.71. The molecule has 5 nitrogen and oxygen atoms in total. The Kier molecular flexibility index (Phi) is 5.81. The van der Waals surface area contributed by atoms with Gasteiger partial charge in [-0.15, -0.1) is 0 Å². The molecule has 1 fully saturated rings. The molecule has 3 amide bonds. The van der Waals surface area contributed by atoms with E-state index >= 15 is 0 Å². The van der Waals surface area contributed by atoms with Gasteiger partial charge in [-0.05, 0) is 24.5 Å². The van der Waals surface area contributed by atoms with Crippen molar-refractivity contribution in [3.63, 3.8) is 0 Å². The van der Waals surface area contributed by atoms with Crippen LogP contribution in [0.2, 0.25) is 0 Å². The largest absolute Gasteiger partial charge is 0.349 e. The Morgan fingerprint density at radius 2 is 1.82 bits per heavy atom. The first-order valence-electron chi connectivity index (χ1n) is 7.92. The van der Waals surface area contributed by atoms with Crippen LogP contribution in [-0.2, 0) is 11.2 Å². The van der Waals surface area contributed by atoms with Crippen molar-refractivity contribution in [2.45, 2.75) is 44.6 Å². The van der Waals surface area contributed by atoms with Crippen molar-refractivity contribution in [3.05, 3.63) is 29.8 Å². The van der Waals surface area contributed by atoms with Gasteiger partial charge in [-0.25, -0.2) is 4.79 Å². The smallest absolute Gasteiger partial charge is 0.319 e. The zero-order valence-corrected chi connectivity index (χ0v) is 13.4. The topological polar surface area (TPSA) is 61.4 Å². The van der Waals surface area contributed by atoms with Crippen molar-refractivity contribution in [1.29, 1.82) is 0 Å². The molecule has 0 aromatic heterocycles. The minimum absolute atomic E-state index is 0.0157. The number of carbonyl (C=O) groups is 2. The second kappa shape index (κ2) is 7.82. The lowest BCUT2D eigenvalue weighted by Gasteiger charge is -2.23. The third-order valence-electron chi connectivity index (χ3n) is 4.05. The minimum Gasteiger partial charge on any atom is -0.349 e. The molecule has 0 heterocycles. The normalized spacial score (nSPS) is 15.2. The van der Waals surface area contributed by atoms with Gasteiger partial charge in [0.15, 0.2) is 0 Å². The van der Waals surface area contributed by atoms with Crippen LogP contribution < -0.4 is 10.6 Å². The Morgan fingerprint density at radius 3 is 2.50 bits per heavy atom. The van der Waals surface area contributed by atoms with E-state index < -0.39 is 0 Å². The van der Waals surface area contributed by atoms with Gasteiger partial charge < -0.3 is 15.5 Å². The SMILES string of the molecule is CN(C)C(=O)Cc1ccccc1NC(=O)NC1CCCCC1. The maximum absolute atomic E-state index is 12.1. The first-order chi connectivity index (χ1) is 10.6. The molecule has 0 aliphatic heterocycles. The van der Waals surface area contributed by atoms with Gasteiger partial charge in [0.25, 0.3) is 0 Å². The van der Waals surface area contributed by atoms with Crippen LogP contribution in [0.1, 0.15) is 37.7 Å². The van der Waals surface area contributed by atoms with E-state index in [0.717, 1.165) is 18.4 Å². The van der Waals surface area contributed by atoms with Gasteiger partial charge in [0.1, 0.15) is 0 Å². The van der Waals surface area contributed by atoms with Gasteiger partial charge in [-0.1, -0.05) is 37.5 Å². The number of nitrogens with zero attached hydrogens (tertiary/aromatic N) is 1. The third-order valence-corrected chi connectivity index (χ3v) is 4.05. The number of amides is 3. The van der Waals surface area contributed by atoms with Crippen molar-refractivity contribution >= 4 is 17.6 Å². The van der Waals surface area contributed by atoms with Gasteiger partial charge in [0.05, 0.1) is 6.42 Å². The van der Waals surface area contributed by atoms with Crippen LogP contribution >= 0.6 is 0 Å². The zero-order chi connectivity index (χ0) is 15.9. The Labute approximate surface area is 132 Å². The number of hydrogen-bond acceptors (Lipinski definition) is 2. The van der Waals surface area contributed by atoms with Crippen LogP contribution in [0.3, 0.4) is 0 Å². The maximum Gasteiger partial charge on any atom is 0.319 e. The van der Waals surface area contributed by atoms with Gasteiger partial charge in [0, 0.05) is 25.8 Å². The van der Waals surface area contributed by atoms with Crippen molar-refractivity contribution in [1.82, 2.24) is 10.2 Å². The van der Waals surface area contributed by atoms with E-state index in [9.17, 15) is 9.59 Å². The average Bonchev–Trinajstić information content (AvgIpc) is 2.50. The molecule has 2 rings (SSSR count). The van der Waals surface area contributed by atoms with Crippen molar-refractivity contribution in [3.8, 4) is 0 Å². The Bertz CT molecular complexity index is 522. The molecule has 22 heavy (non-hydrogen) atoms. The number of rotatable bonds is 4. The Hall–Kier alpha value is -2.04. The average molecular weight is 303 g/mol. The predicted octanol–water partition coefficient (Wildman–Crippen LogP) is 2.77. The summed E-state index contributed by atoms with van der Waals surface area (Å²) in [4.78, 5) is 25.6. The molecule has 1 aliphatic rings. The molecule has 2 N–H and O–H groups in total. The summed E-state index contributed by atoms with van der Waals surface area (Å²) in [7, 11) is 3.46. The summed E-state index contributed by atoms with van der Waals surface area (Å²) in [5.41, 5.74) is 1.53. The summed E-state index contributed by atoms with van der Waals surface area (Å²) in [5, 5.41) is 5.91. The molecular weight excluding hydrogens is 278 g/mol. The first kappa shape index (κ1) is 16.3. The first-order valence-corrected chi connectivity index (χ1v) is 7.92. The zero-order valence-electron chi connectivity index (χ0n) is 13.4. The van der Waals surface area contributed by atoms with Crippen LogP contribution in [-0.4, -0.2) is 37.0 Å². The molecule has 0 radical (unpaired) electrons. The second-order valence-electron chi connectivity index (χ2n) is 6.06. The van der Waals surface area contributed by atoms with Gasteiger partial charge in [-0.2, -0.15) is 0 Å². The van der Waals surface area contributed by atoms with Gasteiger partial charge in [-0.3, -0.25) is 4.79 Å². The number of carbonyl (C=O) groups excluding carboxylic acids is 2. The van der Waals surface area contributed by atoms with E-state index in [1.54, 1.807) is 19.0 Å². The number of likely N-dealkylation sites (N-methyl/N-ethyl adjacent to an activating group) is 1. The summed E-state index contributed by atoms with van der Waals surface area (Å²) in [6.45, 7) is 0. The summed E-state index contributed by atoms with van der Waals surface area (Å²) >= 11 is 0. The van der Waals surface area contributed by atoms with Crippen LogP contribution in [0.5, 0.6) is 0 Å². The molecule has 0 unspecified atom stereocenters. The van der Waals surface area contributed by atoms with Crippen LogP contribution in [0.4, 0.5) is 10.5 Å². The molecule has 0 saturated heterocycles. The number of hydrogen-bond donors (Lipinski definition) is 2. The standard InChI is InChI=1S/C17H25N3O2/c1-20(2)16(21)12-13-8-6-7-11-15(13)19-17(22)18-14-9-4-3-5-10-14/h6-8,11,14H,3-5,9-10,12H2,1-2H3,(H2,18,19,22). The highest BCUT2D eigenvalue weighted by molar-refractivity contribution is 5.91. The number of urea groups is 1. The molecule has 1 aromatic carbocycles. The summed E-state index contributed by atoms with van der Waals surface area (Å²) in [6, 6.07) is 7.53. The molecular formula is C17H25N3O2. The highest BCUT2D eigenvalue weighted by atomic mass is 16.2. The van der Waals surface area contributed by atoms with E-state index in [-0.39, 0.29) is 24.4 Å². The Balaban J connectivity index is 1.96. The minimum atomic E-state index is -0.184.